The average molecular weight is 346 g/mol. The third-order valence-electron chi connectivity index (χ3n) is 3.09. The lowest BCUT2D eigenvalue weighted by atomic mass is 10.1. The van der Waals surface area contributed by atoms with Gasteiger partial charge in [-0.05, 0) is 40.2 Å². The zero-order valence-electron chi connectivity index (χ0n) is 11.0. The largest absolute Gasteiger partial charge is 0.384 e. The minimum Gasteiger partial charge on any atom is -0.384 e. The molecule has 0 aromatic carbocycles. The molecule has 0 aliphatic rings. The van der Waals surface area contributed by atoms with E-state index >= 15 is 0 Å². The Balaban J connectivity index is 2.09. The molecule has 0 atom stereocenters. The molecule has 0 radical (unpaired) electrons. The van der Waals surface area contributed by atoms with E-state index in [1.807, 2.05) is 28.8 Å². The number of hydrogen-bond donors (Lipinski definition) is 2. The number of anilines is 1. The molecule has 0 saturated carbocycles. The van der Waals surface area contributed by atoms with Crippen LogP contribution in [0.5, 0.6) is 0 Å². The van der Waals surface area contributed by atoms with Crippen molar-refractivity contribution in [1.82, 2.24) is 14.4 Å². The summed E-state index contributed by atoms with van der Waals surface area (Å²) in [7, 11) is 0. The molecule has 21 heavy (non-hydrogen) atoms. The van der Waals surface area contributed by atoms with Gasteiger partial charge in [-0.3, -0.25) is 9.20 Å². The first kappa shape index (κ1) is 13.6. The highest BCUT2D eigenvalue weighted by atomic mass is 79.9. The van der Waals surface area contributed by atoms with Crippen molar-refractivity contribution in [2.24, 2.45) is 5.73 Å². The topological polar surface area (TPSA) is 99.3 Å². The molecule has 6 nitrogen and oxygen atoms in total. The minimum absolute atomic E-state index is 0.0982. The van der Waals surface area contributed by atoms with Crippen LogP contribution in [-0.4, -0.2) is 20.3 Å². The summed E-state index contributed by atoms with van der Waals surface area (Å²) in [6.07, 6.45) is 3.73. The first-order valence-corrected chi connectivity index (χ1v) is 7.00. The lowest BCUT2D eigenvalue weighted by Crippen LogP contribution is -2.14. The lowest BCUT2D eigenvalue weighted by Gasteiger charge is -2.03. The van der Waals surface area contributed by atoms with Gasteiger partial charge in [-0.15, -0.1) is 0 Å². The fourth-order valence-electron chi connectivity index (χ4n) is 2.09. The standard InChI is InChI=1S/C14H12BrN5O/c15-14-10(5-12(17)21)19-13-4-2-9(7-20(13)14)8-1-3-11(16)18-6-8/h1-4,6-7H,5H2,(H2,16,18)(H2,17,21). The Bertz CT molecular complexity index is 825. The van der Waals surface area contributed by atoms with Crippen LogP contribution in [0.2, 0.25) is 0 Å². The van der Waals surface area contributed by atoms with Gasteiger partial charge in [0.2, 0.25) is 5.91 Å². The highest BCUT2D eigenvalue weighted by Gasteiger charge is 2.12. The van der Waals surface area contributed by atoms with E-state index in [4.69, 9.17) is 11.5 Å². The number of hydrogen-bond acceptors (Lipinski definition) is 4. The molecule has 3 aromatic rings. The van der Waals surface area contributed by atoms with Crippen LogP contribution in [0.3, 0.4) is 0 Å². The maximum atomic E-state index is 11.1. The molecule has 0 spiro atoms. The van der Waals surface area contributed by atoms with Gasteiger partial charge in [0.1, 0.15) is 16.1 Å². The normalized spacial score (nSPS) is 10.9. The number of carbonyl (C=O) groups is 1. The van der Waals surface area contributed by atoms with Gasteiger partial charge in [-0.2, -0.15) is 0 Å². The Labute approximate surface area is 128 Å². The van der Waals surface area contributed by atoms with Gasteiger partial charge in [-0.25, -0.2) is 9.97 Å². The van der Waals surface area contributed by atoms with E-state index in [1.165, 1.54) is 0 Å². The molecule has 0 aliphatic heterocycles. The number of fused-ring (bicyclic) bond motifs is 1. The Morgan fingerprint density at radius 1 is 1.24 bits per heavy atom. The summed E-state index contributed by atoms with van der Waals surface area (Å²) in [6, 6.07) is 7.47. The maximum absolute atomic E-state index is 11.1. The van der Waals surface area contributed by atoms with Crippen molar-refractivity contribution in [2.75, 3.05) is 5.73 Å². The highest BCUT2D eigenvalue weighted by molar-refractivity contribution is 9.10. The summed E-state index contributed by atoms with van der Waals surface area (Å²) in [5.74, 6) is 0.0643. The molecule has 3 aromatic heterocycles. The first-order valence-electron chi connectivity index (χ1n) is 6.21. The van der Waals surface area contributed by atoms with Gasteiger partial charge in [0.25, 0.3) is 0 Å². The van der Waals surface area contributed by atoms with Gasteiger partial charge in [-0.1, -0.05) is 0 Å². The molecular weight excluding hydrogens is 334 g/mol. The molecule has 0 bridgehead atoms. The Kier molecular flexibility index (Phi) is 3.34. The predicted octanol–water partition coefficient (Wildman–Crippen LogP) is 1.77. The van der Waals surface area contributed by atoms with E-state index in [1.54, 1.807) is 12.3 Å². The average Bonchev–Trinajstić information content (AvgIpc) is 2.75. The summed E-state index contributed by atoms with van der Waals surface area (Å²) < 4.78 is 2.59. The van der Waals surface area contributed by atoms with Crippen molar-refractivity contribution in [3.8, 4) is 11.1 Å². The fourth-order valence-corrected chi connectivity index (χ4v) is 2.60. The van der Waals surface area contributed by atoms with Crippen molar-refractivity contribution < 1.29 is 4.79 Å². The quantitative estimate of drug-likeness (QED) is 0.755. The van der Waals surface area contributed by atoms with E-state index in [9.17, 15) is 4.79 Å². The maximum Gasteiger partial charge on any atom is 0.223 e. The second-order valence-corrected chi connectivity index (χ2v) is 5.36. The zero-order valence-corrected chi connectivity index (χ0v) is 12.5. The second kappa shape index (κ2) is 5.17. The molecule has 0 fully saturated rings. The summed E-state index contributed by atoms with van der Waals surface area (Å²) in [5.41, 5.74) is 14.1. The van der Waals surface area contributed by atoms with Crippen LogP contribution in [0.15, 0.2) is 41.3 Å². The molecule has 7 heteroatoms. The molecule has 3 heterocycles. The van der Waals surface area contributed by atoms with Gasteiger partial charge in [0, 0.05) is 23.5 Å². The van der Waals surface area contributed by atoms with Crippen LogP contribution in [0.1, 0.15) is 5.69 Å². The second-order valence-electron chi connectivity index (χ2n) is 4.61. The van der Waals surface area contributed by atoms with Crippen LogP contribution >= 0.6 is 15.9 Å². The highest BCUT2D eigenvalue weighted by Crippen LogP contribution is 2.24. The van der Waals surface area contributed by atoms with E-state index in [0.29, 0.717) is 11.5 Å². The first-order chi connectivity index (χ1) is 10.0. The smallest absolute Gasteiger partial charge is 0.223 e. The minimum atomic E-state index is -0.415. The van der Waals surface area contributed by atoms with Gasteiger partial charge >= 0.3 is 0 Å². The summed E-state index contributed by atoms with van der Waals surface area (Å²) in [5, 5.41) is 0. The fraction of sp³-hybridized carbons (Fsp3) is 0.0714. The summed E-state index contributed by atoms with van der Waals surface area (Å²) in [4.78, 5) is 19.5. The number of nitrogen functional groups attached to an aromatic ring is 1. The molecule has 106 valence electrons. The number of aromatic nitrogens is 3. The summed E-state index contributed by atoms with van der Waals surface area (Å²) >= 11 is 3.46. The van der Waals surface area contributed by atoms with Gasteiger partial charge < -0.3 is 11.5 Å². The Hall–Kier alpha value is -2.41. The molecule has 0 saturated heterocycles. The van der Waals surface area contributed by atoms with Crippen LogP contribution in [-0.2, 0) is 11.2 Å². The molecule has 1 amide bonds. The van der Waals surface area contributed by atoms with Crippen LogP contribution in [0.25, 0.3) is 16.8 Å². The van der Waals surface area contributed by atoms with Crippen molar-refractivity contribution in [3.63, 3.8) is 0 Å². The monoisotopic (exact) mass is 345 g/mol. The predicted molar refractivity (Wildman–Crippen MR) is 83.4 cm³/mol. The number of imidazole rings is 1. The van der Waals surface area contributed by atoms with E-state index < -0.39 is 5.91 Å². The zero-order chi connectivity index (χ0) is 15.0. The van der Waals surface area contributed by atoms with Crippen LogP contribution in [0, 0.1) is 0 Å². The van der Waals surface area contributed by atoms with Crippen molar-refractivity contribution >= 4 is 33.3 Å². The van der Waals surface area contributed by atoms with Crippen LogP contribution < -0.4 is 11.5 Å². The Morgan fingerprint density at radius 3 is 2.67 bits per heavy atom. The number of carbonyl (C=O) groups excluding carboxylic acids is 1. The third-order valence-corrected chi connectivity index (χ3v) is 3.93. The number of pyridine rings is 2. The van der Waals surface area contributed by atoms with Gasteiger partial charge in [0.15, 0.2) is 0 Å². The van der Waals surface area contributed by atoms with E-state index in [0.717, 1.165) is 21.4 Å². The van der Waals surface area contributed by atoms with Gasteiger partial charge in [0.05, 0.1) is 12.1 Å². The number of nitrogens with zero attached hydrogens (tertiary/aromatic N) is 3. The van der Waals surface area contributed by atoms with E-state index in [-0.39, 0.29) is 6.42 Å². The van der Waals surface area contributed by atoms with Crippen molar-refractivity contribution in [2.45, 2.75) is 6.42 Å². The lowest BCUT2D eigenvalue weighted by molar-refractivity contribution is -0.117. The van der Waals surface area contributed by atoms with Crippen LogP contribution in [0.4, 0.5) is 5.82 Å². The number of primary amides is 1. The molecule has 4 N–H and O–H groups in total. The number of nitrogens with two attached hydrogens (primary N) is 2. The molecule has 0 unspecified atom stereocenters. The SMILES string of the molecule is NC(=O)Cc1nc2ccc(-c3ccc(N)nc3)cn2c1Br. The Morgan fingerprint density at radius 2 is 2.00 bits per heavy atom. The van der Waals surface area contributed by atoms with E-state index in [2.05, 4.69) is 25.9 Å². The molecule has 0 aliphatic carbocycles. The third kappa shape index (κ3) is 2.59. The number of halogens is 1. The molecular formula is C14H12BrN5O. The summed E-state index contributed by atoms with van der Waals surface area (Å²) in [6.45, 7) is 0. The van der Waals surface area contributed by atoms with Crippen molar-refractivity contribution in [1.29, 1.82) is 0 Å². The van der Waals surface area contributed by atoms with Crippen molar-refractivity contribution in [3.05, 3.63) is 47.0 Å². The number of rotatable bonds is 3. The molecule has 3 rings (SSSR count). The number of amides is 1.